The van der Waals surface area contributed by atoms with Gasteiger partial charge in [-0.25, -0.2) is 0 Å². The van der Waals surface area contributed by atoms with E-state index in [9.17, 15) is 0 Å². The minimum absolute atomic E-state index is 0. The van der Waals surface area contributed by atoms with E-state index in [0.717, 1.165) is 30.2 Å². The van der Waals surface area contributed by atoms with Crippen molar-refractivity contribution in [2.24, 2.45) is 10.7 Å². The lowest BCUT2D eigenvalue weighted by molar-refractivity contribution is 0.151. The summed E-state index contributed by atoms with van der Waals surface area (Å²) >= 11 is 0. The van der Waals surface area contributed by atoms with Crippen LogP contribution in [0, 0.1) is 0 Å². The minimum Gasteiger partial charge on any atom is -0.490 e. The van der Waals surface area contributed by atoms with Crippen LogP contribution < -0.4 is 20.5 Å². The Morgan fingerprint density at radius 1 is 1.22 bits per heavy atom. The largest absolute Gasteiger partial charge is 0.490 e. The fraction of sp³-hybridized carbons (Fsp3) is 0.650. The SMILES string of the molecule is CCCCN1CCCCC1CN=C(N)Nc1ccc2c(c1)OCCCO2.I. The molecule has 0 amide bonds. The van der Waals surface area contributed by atoms with Gasteiger partial charge in [0.15, 0.2) is 17.5 Å². The van der Waals surface area contributed by atoms with E-state index in [4.69, 9.17) is 15.2 Å². The number of benzene rings is 1. The van der Waals surface area contributed by atoms with Crippen molar-refractivity contribution >= 4 is 35.6 Å². The summed E-state index contributed by atoms with van der Waals surface area (Å²) in [7, 11) is 0. The highest BCUT2D eigenvalue weighted by molar-refractivity contribution is 14.0. The van der Waals surface area contributed by atoms with Crippen molar-refractivity contribution in [3.63, 3.8) is 0 Å². The van der Waals surface area contributed by atoms with Gasteiger partial charge in [0.1, 0.15) is 0 Å². The molecule has 1 aromatic rings. The van der Waals surface area contributed by atoms with E-state index >= 15 is 0 Å². The van der Waals surface area contributed by atoms with Crippen LogP contribution in [0.5, 0.6) is 11.5 Å². The molecule has 2 aliphatic heterocycles. The van der Waals surface area contributed by atoms with Crippen LogP contribution in [-0.4, -0.2) is 49.7 Å². The number of nitrogens with two attached hydrogens (primary N) is 1. The topological polar surface area (TPSA) is 72.1 Å². The zero-order chi connectivity index (χ0) is 18.2. The molecule has 0 aromatic heterocycles. The van der Waals surface area contributed by atoms with Crippen molar-refractivity contribution in [3.8, 4) is 11.5 Å². The number of ether oxygens (including phenoxy) is 2. The molecule has 3 rings (SSSR count). The maximum Gasteiger partial charge on any atom is 0.193 e. The minimum atomic E-state index is 0. The number of piperidine rings is 1. The molecule has 152 valence electrons. The van der Waals surface area contributed by atoms with Gasteiger partial charge in [0.25, 0.3) is 0 Å². The molecule has 0 bridgehead atoms. The lowest BCUT2D eigenvalue weighted by atomic mass is 10.0. The molecular formula is C20H33IN4O2. The van der Waals surface area contributed by atoms with Gasteiger partial charge in [0.05, 0.1) is 19.8 Å². The van der Waals surface area contributed by atoms with Gasteiger partial charge in [-0.3, -0.25) is 9.89 Å². The first-order valence-electron chi connectivity index (χ1n) is 9.97. The lowest BCUT2D eigenvalue weighted by Crippen LogP contribution is -2.42. The Balaban J connectivity index is 0.00000261. The number of anilines is 1. The highest BCUT2D eigenvalue weighted by Crippen LogP contribution is 2.32. The molecule has 27 heavy (non-hydrogen) atoms. The van der Waals surface area contributed by atoms with Crippen LogP contribution in [0.2, 0.25) is 0 Å². The average molecular weight is 488 g/mol. The second-order valence-corrected chi connectivity index (χ2v) is 7.10. The molecular weight excluding hydrogens is 455 g/mol. The van der Waals surface area contributed by atoms with Crippen LogP contribution in [0.3, 0.4) is 0 Å². The Kier molecular flexibility index (Phi) is 9.47. The molecule has 1 saturated heterocycles. The maximum atomic E-state index is 6.12. The van der Waals surface area contributed by atoms with E-state index in [1.54, 1.807) is 0 Å². The maximum absolute atomic E-state index is 6.12. The smallest absolute Gasteiger partial charge is 0.193 e. The molecule has 0 spiro atoms. The molecule has 7 heteroatoms. The predicted octanol–water partition coefficient (Wildman–Crippen LogP) is 3.85. The Morgan fingerprint density at radius 2 is 2.04 bits per heavy atom. The van der Waals surface area contributed by atoms with Crippen LogP contribution in [0.1, 0.15) is 45.4 Å². The highest BCUT2D eigenvalue weighted by atomic mass is 127. The van der Waals surface area contributed by atoms with Gasteiger partial charge in [-0.15, -0.1) is 24.0 Å². The number of unbranched alkanes of at least 4 members (excludes halogenated alkanes) is 1. The molecule has 0 aliphatic carbocycles. The summed E-state index contributed by atoms with van der Waals surface area (Å²) in [6, 6.07) is 6.31. The van der Waals surface area contributed by atoms with Crippen LogP contribution in [0.15, 0.2) is 23.2 Å². The van der Waals surface area contributed by atoms with Crippen molar-refractivity contribution in [2.45, 2.75) is 51.5 Å². The second kappa shape index (κ2) is 11.6. The summed E-state index contributed by atoms with van der Waals surface area (Å²) in [6.45, 7) is 6.73. The fourth-order valence-electron chi connectivity index (χ4n) is 3.55. The van der Waals surface area contributed by atoms with E-state index in [1.165, 1.54) is 45.2 Å². The van der Waals surface area contributed by atoms with E-state index in [-0.39, 0.29) is 24.0 Å². The number of nitrogens with zero attached hydrogens (tertiary/aromatic N) is 2. The molecule has 1 unspecified atom stereocenters. The van der Waals surface area contributed by atoms with Gasteiger partial charge in [0, 0.05) is 24.2 Å². The van der Waals surface area contributed by atoms with Crippen molar-refractivity contribution in [3.05, 3.63) is 18.2 Å². The summed E-state index contributed by atoms with van der Waals surface area (Å²) in [4.78, 5) is 7.18. The van der Waals surface area contributed by atoms with Crippen molar-refractivity contribution < 1.29 is 9.47 Å². The van der Waals surface area contributed by atoms with Gasteiger partial charge >= 0.3 is 0 Å². The van der Waals surface area contributed by atoms with Crippen molar-refractivity contribution in [2.75, 3.05) is 38.2 Å². The molecule has 1 aromatic carbocycles. The first kappa shape index (κ1) is 22.1. The summed E-state index contributed by atoms with van der Waals surface area (Å²) in [5.41, 5.74) is 7.00. The number of rotatable bonds is 6. The van der Waals surface area contributed by atoms with Crippen LogP contribution in [-0.2, 0) is 0 Å². The number of hydrogen-bond donors (Lipinski definition) is 2. The number of likely N-dealkylation sites (tertiary alicyclic amines) is 1. The third-order valence-corrected chi connectivity index (χ3v) is 5.04. The van der Waals surface area contributed by atoms with Crippen molar-refractivity contribution in [1.29, 1.82) is 0 Å². The summed E-state index contributed by atoms with van der Waals surface area (Å²) in [6.07, 6.45) is 7.19. The quantitative estimate of drug-likeness (QED) is 0.362. The monoisotopic (exact) mass is 488 g/mol. The van der Waals surface area contributed by atoms with Crippen LogP contribution in [0.25, 0.3) is 0 Å². The molecule has 6 nitrogen and oxygen atoms in total. The third kappa shape index (κ3) is 6.71. The first-order chi connectivity index (χ1) is 12.8. The fourth-order valence-corrected chi connectivity index (χ4v) is 3.55. The van der Waals surface area contributed by atoms with Gasteiger partial charge in [0.2, 0.25) is 0 Å². The lowest BCUT2D eigenvalue weighted by Gasteiger charge is -2.34. The number of halogens is 1. The first-order valence-corrected chi connectivity index (χ1v) is 9.97. The Hall–Kier alpha value is -1.22. The number of fused-ring (bicyclic) bond motifs is 1. The molecule has 2 aliphatic rings. The van der Waals surface area contributed by atoms with Gasteiger partial charge in [-0.2, -0.15) is 0 Å². The van der Waals surface area contributed by atoms with Gasteiger partial charge < -0.3 is 20.5 Å². The summed E-state index contributed by atoms with van der Waals surface area (Å²) in [5, 5.41) is 3.18. The van der Waals surface area contributed by atoms with Crippen molar-refractivity contribution in [1.82, 2.24) is 4.90 Å². The summed E-state index contributed by atoms with van der Waals surface area (Å²) < 4.78 is 11.4. The molecule has 1 fully saturated rings. The van der Waals surface area contributed by atoms with E-state index in [1.807, 2.05) is 18.2 Å². The number of hydrogen-bond acceptors (Lipinski definition) is 4. The number of nitrogens with one attached hydrogen (secondary N) is 1. The molecule has 3 N–H and O–H groups in total. The van der Waals surface area contributed by atoms with Crippen LogP contribution >= 0.6 is 24.0 Å². The Bertz CT molecular complexity index is 612. The van der Waals surface area contributed by atoms with Gasteiger partial charge in [-0.05, 0) is 44.5 Å². The van der Waals surface area contributed by atoms with Crippen LogP contribution in [0.4, 0.5) is 5.69 Å². The molecule has 0 saturated carbocycles. The Labute approximate surface area is 179 Å². The molecule has 0 radical (unpaired) electrons. The highest BCUT2D eigenvalue weighted by Gasteiger charge is 2.21. The molecule has 2 heterocycles. The normalized spacial score (nSPS) is 20.5. The standard InChI is InChI=1S/C20H32N4O2.HI/c1-2-3-10-24-11-5-4-7-17(24)15-22-20(21)23-16-8-9-18-19(14-16)26-13-6-12-25-18;/h8-9,14,17H,2-7,10-13,15H2,1H3,(H3,21,22,23);1H. The molecule has 1 atom stereocenters. The van der Waals surface area contributed by atoms with E-state index in [0.29, 0.717) is 25.2 Å². The average Bonchev–Trinajstić information content (AvgIpc) is 2.90. The van der Waals surface area contributed by atoms with Gasteiger partial charge in [-0.1, -0.05) is 19.8 Å². The predicted molar refractivity (Wildman–Crippen MR) is 122 cm³/mol. The van der Waals surface area contributed by atoms with E-state index < -0.39 is 0 Å². The van der Waals surface area contributed by atoms with E-state index in [2.05, 4.69) is 22.1 Å². The summed E-state index contributed by atoms with van der Waals surface area (Å²) in [5.74, 6) is 2.01. The third-order valence-electron chi connectivity index (χ3n) is 5.04. The number of guanidine groups is 1. The second-order valence-electron chi connectivity index (χ2n) is 7.10. The zero-order valence-corrected chi connectivity index (χ0v) is 18.6. The number of aliphatic imine (C=N–C) groups is 1. The Morgan fingerprint density at radius 3 is 2.85 bits per heavy atom. The zero-order valence-electron chi connectivity index (χ0n) is 16.3.